The summed E-state index contributed by atoms with van der Waals surface area (Å²) in [6, 6.07) is 24.6. The predicted molar refractivity (Wildman–Crippen MR) is 141 cm³/mol. The lowest BCUT2D eigenvalue weighted by molar-refractivity contribution is 0.101. The number of aromatic nitrogens is 5. The van der Waals surface area contributed by atoms with E-state index < -0.39 is 0 Å². The number of nitrogens with zero attached hydrogens (tertiary/aromatic N) is 5. The Kier molecular flexibility index (Phi) is 6.35. The molecule has 0 aliphatic rings. The van der Waals surface area contributed by atoms with Crippen LogP contribution >= 0.6 is 0 Å². The van der Waals surface area contributed by atoms with Crippen molar-refractivity contribution in [3.63, 3.8) is 0 Å². The Hall–Kier alpha value is -5.05. The molecule has 9 nitrogen and oxygen atoms in total. The van der Waals surface area contributed by atoms with E-state index in [0.717, 1.165) is 22.5 Å². The molecule has 0 bridgehead atoms. The number of pyridine rings is 1. The topological polar surface area (TPSA) is 110 Å². The summed E-state index contributed by atoms with van der Waals surface area (Å²) in [5, 5.41) is 13.8. The molecule has 0 radical (unpaired) electrons. The zero-order chi connectivity index (χ0) is 24.9. The third kappa shape index (κ3) is 5.36. The molecule has 5 aromatic rings. The Labute approximate surface area is 208 Å². The van der Waals surface area contributed by atoms with Crippen LogP contribution in [0.1, 0.15) is 16.1 Å². The van der Waals surface area contributed by atoms with Crippen LogP contribution in [0.4, 0.5) is 28.8 Å². The minimum Gasteiger partial charge on any atom is -0.340 e. The number of carbonyl (C=O) groups excluding carboxylic acids is 1. The quantitative estimate of drug-likeness (QED) is 0.292. The van der Waals surface area contributed by atoms with E-state index in [4.69, 9.17) is 0 Å². The molecule has 3 heterocycles. The van der Waals surface area contributed by atoms with Gasteiger partial charge in [-0.05, 0) is 55.0 Å². The first-order valence-corrected chi connectivity index (χ1v) is 11.3. The molecular formula is C27H24N8O. The normalized spacial score (nSPS) is 10.6. The largest absolute Gasteiger partial charge is 0.340 e. The molecule has 3 N–H and O–H groups in total. The molecule has 0 atom stereocenters. The molecule has 0 spiro atoms. The van der Waals surface area contributed by atoms with Gasteiger partial charge in [0.05, 0.1) is 5.69 Å². The van der Waals surface area contributed by atoms with Crippen molar-refractivity contribution >= 4 is 34.7 Å². The lowest BCUT2D eigenvalue weighted by atomic mass is 10.1. The molecule has 0 aliphatic carbocycles. The van der Waals surface area contributed by atoms with Gasteiger partial charge in [-0.25, -0.2) is 15.0 Å². The van der Waals surface area contributed by atoms with Crippen LogP contribution in [0, 0.1) is 6.92 Å². The maximum absolute atomic E-state index is 12.8. The lowest BCUT2D eigenvalue weighted by Gasteiger charge is -2.10. The van der Waals surface area contributed by atoms with Gasteiger partial charge in [-0.1, -0.05) is 30.3 Å². The predicted octanol–water partition coefficient (Wildman–Crippen LogP) is 5.32. The number of amides is 1. The van der Waals surface area contributed by atoms with Gasteiger partial charge in [-0.2, -0.15) is 5.10 Å². The molecule has 0 unspecified atom stereocenters. The standard InChI is InChI=1S/C27H24N8O/c1-18-12-13-28-24(14-18)33-26-16-25(29-17-30-26)31-20-8-10-21(11-9-20)32-27(36)23-15-22(34-35(23)2)19-6-4-3-5-7-19/h3-17H,1-2H3,(H,32,36)(H2,28,29,30,31,33). The molecule has 5 rings (SSSR count). The Morgan fingerprint density at radius 3 is 2.22 bits per heavy atom. The minimum atomic E-state index is -0.232. The molecule has 9 heteroatoms. The molecule has 3 aromatic heterocycles. The molecule has 0 saturated heterocycles. The summed E-state index contributed by atoms with van der Waals surface area (Å²) in [6.45, 7) is 2.00. The zero-order valence-corrected chi connectivity index (χ0v) is 19.8. The first kappa shape index (κ1) is 22.7. The van der Waals surface area contributed by atoms with Gasteiger partial charge >= 0.3 is 0 Å². The third-order valence-corrected chi connectivity index (χ3v) is 5.44. The second-order valence-electron chi connectivity index (χ2n) is 8.19. The van der Waals surface area contributed by atoms with Gasteiger partial charge in [-0.15, -0.1) is 0 Å². The van der Waals surface area contributed by atoms with Crippen LogP contribution in [0.5, 0.6) is 0 Å². The van der Waals surface area contributed by atoms with Crippen molar-refractivity contribution in [3.8, 4) is 11.3 Å². The van der Waals surface area contributed by atoms with Gasteiger partial charge in [0.2, 0.25) is 0 Å². The van der Waals surface area contributed by atoms with Crippen LogP contribution in [0.15, 0.2) is 91.4 Å². The molecular weight excluding hydrogens is 452 g/mol. The Balaban J connectivity index is 1.23. The van der Waals surface area contributed by atoms with Crippen LogP contribution in [0.3, 0.4) is 0 Å². The van der Waals surface area contributed by atoms with E-state index in [-0.39, 0.29) is 5.91 Å². The lowest BCUT2D eigenvalue weighted by Crippen LogP contribution is -2.15. The first-order chi connectivity index (χ1) is 17.5. The summed E-state index contributed by atoms with van der Waals surface area (Å²) >= 11 is 0. The van der Waals surface area contributed by atoms with Crippen LogP contribution in [-0.2, 0) is 7.05 Å². The van der Waals surface area contributed by atoms with Gasteiger partial charge in [0.1, 0.15) is 29.5 Å². The number of rotatable bonds is 7. The number of carbonyl (C=O) groups is 1. The minimum absolute atomic E-state index is 0.232. The second kappa shape index (κ2) is 10.1. The van der Waals surface area contributed by atoms with Crippen molar-refractivity contribution in [1.29, 1.82) is 0 Å². The van der Waals surface area contributed by atoms with Crippen LogP contribution in [0.2, 0.25) is 0 Å². The molecule has 1 amide bonds. The number of anilines is 5. The van der Waals surface area contributed by atoms with Crippen LogP contribution in [-0.4, -0.2) is 30.6 Å². The van der Waals surface area contributed by atoms with Crippen molar-refractivity contribution in [2.45, 2.75) is 6.92 Å². The van der Waals surface area contributed by atoms with E-state index in [1.807, 2.05) is 73.7 Å². The van der Waals surface area contributed by atoms with E-state index in [1.165, 1.54) is 6.33 Å². The highest BCUT2D eigenvalue weighted by Crippen LogP contribution is 2.22. The van der Waals surface area contributed by atoms with Gasteiger partial charge in [0.15, 0.2) is 0 Å². The maximum atomic E-state index is 12.8. The monoisotopic (exact) mass is 476 g/mol. The van der Waals surface area contributed by atoms with Gasteiger partial charge in [0, 0.05) is 36.2 Å². The number of aryl methyl sites for hydroxylation is 2. The first-order valence-electron chi connectivity index (χ1n) is 11.3. The Morgan fingerprint density at radius 1 is 0.778 bits per heavy atom. The van der Waals surface area contributed by atoms with E-state index >= 15 is 0 Å². The second-order valence-corrected chi connectivity index (χ2v) is 8.19. The summed E-state index contributed by atoms with van der Waals surface area (Å²) in [4.78, 5) is 25.7. The number of hydrogen-bond acceptors (Lipinski definition) is 7. The average molecular weight is 477 g/mol. The summed E-state index contributed by atoms with van der Waals surface area (Å²) in [7, 11) is 1.76. The molecule has 2 aromatic carbocycles. The van der Waals surface area contributed by atoms with Gasteiger partial charge in [0.25, 0.3) is 5.91 Å². The molecule has 178 valence electrons. The highest BCUT2D eigenvalue weighted by molar-refractivity contribution is 6.03. The molecule has 36 heavy (non-hydrogen) atoms. The number of nitrogens with one attached hydrogen (secondary N) is 3. The van der Waals surface area contributed by atoms with E-state index in [9.17, 15) is 4.79 Å². The fourth-order valence-corrected chi connectivity index (χ4v) is 3.64. The smallest absolute Gasteiger partial charge is 0.273 e. The fourth-order valence-electron chi connectivity index (χ4n) is 3.64. The average Bonchev–Trinajstić information content (AvgIpc) is 3.28. The van der Waals surface area contributed by atoms with Crippen molar-refractivity contribution in [3.05, 3.63) is 103 Å². The molecule has 0 aliphatic heterocycles. The van der Waals surface area contributed by atoms with E-state index in [1.54, 1.807) is 30.1 Å². The van der Waals surface area contributed by atoms with Crippen molar-refractivity contribution in [1.82, 2.24) is 24.7 Å². The van der Waals surface area contributed by atoms with Crippen LogP contribution in [0.25, 0.3) is 11.3 Å². The Morgan fingerprint density at radius 2 is 1.47 bits per heavy atom. The number of benzene rings is 2. The summed E-state index contributed by atoms with van der Waals surface area (Å²) in [5.41, 5.74) is 4.77. The van der Waals surface area contributed by atoms with E-state index in [0.29, 0.717) is 28.8 Å². The molecule has 0 saturated carbocycles. The fraction of sp³-hybridized carbons (Fsp3) is 0.0741. The highest BCUT2D eigenvalue weighted by Gasteiger charge is 2.14. The number of hydrogen-bond donors (Lipinski definition) is 3. The summed E-state index contributed by atoms with van der Waals surface area (Å²) in [6.07, 6.45) is 3.22. The SMILES string of the molecule is Cc1ccnc(Nc2cc(Nc3ccc(NC(=O)c4cc(-c5ccccc5)nn4C)cc3)ncn2)c1. The molecule has 0 fully saturated rings. The van der Waals surface area contributed by atoms with Gasteiger partial charge in [-0.3, -0.25) is 9.48 Å². The van der Waals surface area contributed by atoms with Crippen molar-refractivity contribution in [2.75, 3.05) is 16.0 Å². The third-order valence-electron chi connectivity index (χ3n) is 5.44. The Bertz CT molecular complexity index is 1500. The van der Waals surface area contributed by atoms with Crippen molar-refractivity contribution < 1.29 is 4.79 Å². The maximum Gasteiger partial charge on any atom is 0.273 e. The zero-order valence-electron chi connectivity index (χ0n) is 19.8. The highest BCUT2D eigenvalue weighted by atomic mass is 16.2. The van der Waals surface area contributed by atoms with E-state index in [2.05, 4.69) is 36.0 Å². The summed E-state index contributed by atoms with van der Waals surface area (Å²) < 4.78 is 1.58. The van der Waals surface area contributed by atoms with Crippen LogP contribution < -0.4 is 16.0 Å². The summed E-state index contributed by atoms with van der Waals surface area (Å²) in [5.74, 6) is 1.73. The van der Waals surface area contributed by atoms with Gasteiger partial charge < -0.3 is 16.0 Å². The van der Waals surface area contributed by atoms with Crippen molar-refractivity contribution in [2.24, 2.45) is 7.05 Å².